The van der Waals surface area contributed by atoms with Gasteiger partial charge >= 0.3 is 18.0 Å². The van der Waals surface area contributed by atoms with E-state index in [0.29, 0.717) is 33.8 Å². The smallest absolute Gasteiger partial charge is 0.345 e. The number of hydrogen-bond acceptors (Lipinski definition) is 12. The van der Waals surface area contributed by atoms with E-state index in [4.69, 9.17) is 29.5 Å². The molecule has 15 nitrogen and oxygen atoms in total. The first-order chi connectivity index (χ1) is 30.6. The summed E-state index contributed by atoms with van der Waals surface area (Å²) in [7, 11) is 3.14. The molecule has 3 aliphatic heterocycles. The maximum absolute atomic E-state index is 14.7. The second-order valence-corrected chi connectivity index (χ2v) is 16.5. The van der Waals surface area contributed by atoms with Crippen LogP contribution in [0.2, 0.25) is 0 Å². The number of nitrogens with two attached hydrogens (primary N) is 1. The SMILES string of the molecule is COc1ccc(COC(=O)C(C(=O)N[C@@H]2C(=O)N3C[C@@](C(=O)OC(c4ccccc4)c4ccccc4)(N4CCN(N)C4=O)S[C@H]23)c2ccc(OCc3ccc(OC)cc3)cc2)cc1. The third-order valence-corrected chi connectivity index (χ3v) is 12.9. The van der Waals surface area contributed by atoms with Crippen LogP contribution in [0.3, 0.4) is 0 Å². The minimum Gasteiger partial charge on any atom is -0.497 e. The topological polar surface area (TPSA) is 179 Å². The third kappa shape index (κ3) is 8.85. The van der Waals surface area contributed by atoms with Crippen LogP contribution in [-0.2, 0) is 41.9 Å². The van der Waals surface area contributed by atoms with E-state index in [1.54, 1.807) is 62.8 Å². The summed E-state index contributed by atoms with van der Waals surface area (Å²) in [4.78, 5) is 71.5. The summed E-state index contributed by atoms with van der Waals surface area (Å²) in [5, 5.41) is 2.99. The number of esters is 2. The van der Waals surface area contributed by atoms with E-state index in [1.165, 1.54) is 9.80 Å². The number of nitrogens with zero attached hydrogens (tertiary/aromatic N) is 3. The molecule has 4 atom stereocenters. The molecule has 3 N–H and O–H groups in total. The van der Waals surface area contributed by atoms with E-state index < -0.39 is 58.1 Å². The number of hydrazine groups is 1. The molecule has 0 spiro atoms. The predicted octanol–water partition coefficient (Wildman–Crippen LogP) is 5.15. The first-order valence-electron chi connectivity index (χ1n) is 20.2. The maximum Gasteiger partial charge on any atom is 0.345 e. The van der Waals surface area contributed by atoms with Crippen LogP contribution in [0.1, 0.15) is 39.8 Å². The molecule has 3 saturated heterocycles. The molecule has 0 saturated carbocycles. The van der Waals surface area contributed by atoms with Crippen molar-refractivity contribution in [2.24, 2.45) is 5.84 Å². The van der Waals surface area contributed by atoms with Gasteiger partial charge in [0.05, 0.1) is 27.3 Å². The molecule has 0 aliphatic carbocycles. The fraction of sp³-hybridized carbons (Fsp3) is 0.255. The molecule has 3 heterocycles. The number of carbonyl (C=O) groups is 5. The van der Waals surface area contributed by atoms with E-state index in [0.717, 1.165) is 28.1 Å². The van der Waals surface area contributed by atoms with Crippen LogP contribution in [0, 0.1) is 0 Å². The largest absolute Gasteiger partial charge is 0.497 e. The van der Waals surface area contributed by atoms with Gasteiger partial charge in [0, 0.05) is 6.54 Å². The standard InChI is InChI=1S/C47H45N5O10S/c1-58-35-19-13-30(14-20-35)27-60-37-23-17-32(18-24-37)38(44(55)61-28-31-15-21-36(59-2)22-16-31)41(53)49-39-42(54)50-29-47(63-43(39)50,51-25-26-52(48)46(51)57)45(56)62-40(33-9-5-3-6-10-33)34-11-7-4-8-12-34/h3-24,38-40,43H,25-29,48H2,1-2H3,(H,49,53)/t38?,39-,43-,47-/m1/s1. The summed E-state index contributed by atoms with van der Waals surface area (Å²) in [6, 6.07) is 37.5. The van der Waals surface area contributed by atoms with Gasteiger partial charge in [-0.05, 0) is 64.2 Å². The van der Waals surface area contributed by atoms with Crippen molar-refractivity contribution in [1.82, 2.24) is 20.1 Å². The Bertz CT molecular complexity index is 2400. The summed E-state index contributed by atoms with van der Waals surface area (Å²) in [5.74, 6) is 3.46. The van der Waals surface area contributed by atoms with Gasteiger partial charge in [-0.3, -0.25) is 24.3 Å². The van der Waals surface area contributed by atoms with Gasteiger partial charge in [-0.25, -0.2) is 15.4 Å². The molecule has 63 heavy (non-hydrogen) atoms. The number of thioether (sulfide) groups is 1. The van der Waals surface area contributed by atoms with Gasteiger partial charge < -0.3 is 33.9 Å². The average Bonchev–Trinajstić information content (AvgIpc) is 3.87. The Hall–Kier alpha value is -7.04. The Kier molecular flexibility index (Phi) is 12.5. The zero-order valence-electron chi connectivity index (χ0n) is 34.5. The molecule has 3 aliphatic rings. The molecule has 8 rings (SSSR count). The van der Waals surface area contributed by atoms with Gasteiger partial charge in [-0.1, -0.05) is 109 Å². The van der Waals surface area contributed by atoms with Crippen molar-refractivity contribution in [1.29, 1.82) is 0 Å². The van der Waals surface area contributed by atoms with Gasteiger partial charge in [0.1, 0.15) is 41.9 Å². The van der Waals surface area contributed by atoms with Crippen LogP contribution >= 0.6 is 11.8 Å². The Morgan fingerprint density at radius 3 is 1.83 bits per heavy atom. The second-order valence-electron chi connectivity index (χ2n) is 15.1. The van der Waals surface area contributed by atoms with Crippen molar-refractivity contribution < 1.29 is 47.7 Å². The van der Waals surface area contributed by atoms with Crippen LogP contribution in [0.5, 0.6) is 17.2 Å². The number of amides is 4. The number of fused-ring (bicyclic) bond motifs is 1. The molecule has 0 bridgehead atoms. The quantitative estimate of drug-likeness (QED) is 0.0439. The van der Waals surface area contributed by atoms with E-state index in [-0.39, 0.29) is 32.8 Å². The average molecular weight is 872 g/mol. The van der Waals surface area contributed by atoms with E-state index in [1.807, 2.05) is 84.9 Å². The van der Waals surface area contributed by atoms with Crippen molar-refractivity contribution in [2.45, 2.75) is 41.5 Å². The predicted molar refractivity (Wildman–Crippen MR) is 231 cm³/mol. The van der Waals surface area contributed by atoms with Crippen molar-refractivity contribution >= 4 is 41.5 Å². The number of hydrogen-bond donors (Lipinski definition) is 2. The van der Waals surface area contributed by atoms with Gasteiger partial charge in [0.25, 0.3) is 0 Å². The van der Waals surface area contributed by atoms with Crippen LogP contribution in [0.4, 0.5) is 4.79 Å². The molecular formula is C47H45N5O10S. The Morgan fingerprint density at radius 1 is 0.730 bits per heavy atom. The van der Waals surface area contributed by atoms with Crippen molar-refractivity contribution in [2.75, 3.05) is 33.9 Å². The number of carbonyl (C=O) groups excluding carboxylic acids is 5. The van der Waals surface area contributed by atoms with Crippen molar-refractivity contribution in [3.63, 3.8) is 0 Å². The number of β-lactam (4-membered cyclic amide) rings is 1. The van der Waals surface area contributed by atoms with Crippen molar-refractivity contribution in [3.05, 3.63) is 161 Å². The lowest BCUT2D eigenvalue weighted by atomic mass is 9.96. The molecule has 5 aromatic rings. The maximum atomic E-state index is 14.7. The highest BCUT2D eigenvalue weighted by Gasteiger charge is 2.67. The molecule has 4 amide bonds. The minimum absolute atomic E-state index is 0.0897. The third-order valence-electron chi connectivity index (χ3n) is 11.2. The van der Waals surface area contributed by atoms with Crippen LogP contribution in [-0.4, -0.2) is 94.7 Å². The van der Waals surface area contributed by atoms with Crippen LogP contribution in [0.15, 0.2) is 133 Å². The lowest BCUT2D eigenvalue weighted by Gasteiger charge is -2.41. The number of methoxy groups -OCH3 is 2. The van der Waals surface area contributed by atoms with Gasteiger partial charge in [-0.15, -0.1) is 0 Å². The Balaban J connectivity index is 1.03. The molecule has 324 valence electrons. The Labute approximate surface area is 367 Å². The molecule has 0 aromatic heterocycles. The van der Waals surface area contributed by atoms with Gasteiger partial charge in [-0.2, -0.15) is 0 Å². The molecular weight excluding hydrogens is 827 g/mol. The zero-order chi connectivity index (χ0) is 44.1. The molecule has 0 radical (unpaired) electrons. The molecule has 1 unspecified atom stereocenters. The van der Waals surface area contributed by atoms with Crippen LogP contribution in [0.25, 0.3) is 0 Å². The molecule has 3 fully saturated rings. The van der Waals surface area contributed by atoms with Crippen LogP contribution < -0.4 is 25.4 Å². The lowest BCUT2D eigenvalue weighted by molar-refractivity contribution is -0.159. The molecule has 16 heteroatoms. The number of rotatable bonds is 16. The minimum atomic E-state index is -1.72. The first-order valence-corrected chi connectivity index (χ1v) is 21.0. The normalized spacial score (nSPS) is 19.5. The fourth-order valence-corrected chi connectivity index (χ4v) is 9.38. The second kappa shape index (κ2) is 18.5. The van der Waals surface area contributed by atoms with E-state index in [9.17, 15) is 24.0 Å². The highest BCUT2D eigenvalue weighted by molar-refractivity contribution is 8.02. The molecule has 5 aromatic carbocycles. The first kappa shape index (κ1) is 42.6. The monoisotopic (exact) mass is 871 g/mol. The zero-order valence-corrected chi connectivity index (χ0v) is 35.3. The highest BCUT2D eigenvalue weighted by atomic mass is 32.2. The lowest BCUT2D eigenvalue weighted by Crippen LogP contribution is -2.68. The number of nitrogens with one attached hydrogen (secondary N) is 1. The van der Waals surface area contributed by atoms with Gasteiger partial charge in [0.15, 0.2) is 12.0 Å². The van der Waals surface area contributed by atoms with Gasteiger partial charge in [0.2, 0.25) is 16.7 Å². The summed E-state index contributed by atoms with van der Waals surface area (Å²) < 4.78 is 28.5. The summed E-state index contributed by atoms with van der Waals surface area (Å²) >= 11 is 1.03. The number of benzene rings is 5. The fourth-order valence-electron chi connectivity index (χ4n) is 7.70. The summed E-state index contributed by atoms with van der Waals surface area (Å²) in [6.07, 6.45) is -0.840. The summed E-state index contributed by atoms with van der Waals surface area (Å²) in [5.41, 5.74) is 3.27. The Morgan fingerprint density at radius 2 is 1.29 bits per heavy atom. The summed E-state index contributed by atoms with van der Waals surface area (Å²) in [6.45, 7) is 0.139. The number of ether oxygens (including phenoxy) is 5. The van der Waals surface area contributed by atoms with E-state index >= 15 is 0 Å². The van der Waals surface area contributed by atoms with E-state index in [2.05, 4.69) is 5.32 Å². The highest BCUT2D eigenvalue weighted by Crippen LogP contribution is 2.51. The van der Waals surface area contributed by atoms with Crippen molar-refractivity contribution in [3.8, 4) is 17.2 Å². The number of urea groups is 1.